The van der Waals surface area contributed by atoms with Gasteiger partial charge in [0, 0.05) is 29.1 Å². The van der Waals surface area contributed by atoms with E-state index in [2.05, 4.69) is 34.2 Å². The van der Waals surface area contributed by atoms with Crippen molar-refractivity contribution in [2.75, 3.05) is 20.3 Å². The Morgan fingerprint density at radius 1 is 1.53 bits per heavy atom. The van der Waals surface area contributed by atoms with E-state index in [1.54, 1.807) is 0 Å². The lowest BCUT2D eigenvalue weighted by atomic mass is 10.1. The van der Waals surface area contributed by atoms with Gasteiger partial charge in [0.2, 0.25) is 0 Å². The lowest BCUT2D eigenvalue weighted by Gasteiger charge is -2.18. The summed E-state index contributed by atoms with van der Waals surface area (Å²) in [4.78, 5) is 0. The Bertz CT molecular complexity index is 405. The highest BCUT2D eigenvalue weighted by Crippen LogP contribution is 2.29. The van der Waals surface area contributed by atoms with Crippen LogP contribution in [-0.2, 0) is 4.74 Å². The Kier molecular flexibility index (Phi) is 5.67. The molecule has 1 fully saturated rings. The van der Waals surface area contributed by atoms with Crippen molar-refractivity contribution in [1.82, 2.24) is 5.32 Å². The molecule has 4 heteroatoms. The fourth-order valence-corrected chi connectivity index (χ4v) is 2.70. The minimum Gasteiger partial charge on any atom is -0.493 e. The summed E-state index contributed by atoms with van der Waals surface area (Å²) in [5.74, 6) is 0.961. The van der Waals surface area contributed by atoms with E-state index in [-0.39, 0.29) is 6.04 Å². The Morgan fingerprint density at radius 2 is 2.37 bits per heavy atom. The van der Waals surface area contributed by atoms with E-state index in [4.69, 9.17) is 9.47 Å². The van der Waals surface area contributed by atoms with E-state index in [0.29, 0.717) is 6.10 Å². The molecule has 1 aromatic rings. The standard InChI is InChI=1S/C15H22BrNO2/c1-11(17-2)14-10-12(16)5-6-15(14)19-9-7-13-4-3-8-18-13/h5-6,10-11,13,17H,3-4,7-9H2,1-2H3. The predicted octanol–water partition coefficient (Wildman–Crippen LogP) is 3.68. The third-order valence-corrected chi connectivity index (χ3v) is 4.09. The summed E-state index contributed by atoms with van der Waals surface area (Å²) in [5, 5.41) is 3.25. The highest BCUT2D eigenvalue weighted by Gasteiger charge is 2.16. The number of nitrogens with one attached hydrogen (secondary N) is 1. The van der Waals surface area contributed by atoms with Crippen molar-refractivity contribution in [3.05, 3.63) is 28.2 Å². The van der Waals surface area contributed by atoms with Crippen LogP contribution >= 0.6 is 15.9 Å². The molecule has 0 radical (unpaired) electrons. The second-order valence-corrected chi connectivity index (χ2v) is 5.88. The van der Waals surface area contributed by atoms with Gasteiger partial charge in [0.1, 0.15) is 5.75 Å². The van der Waals surface area contributed by atoms with Gasteiger partial charge in [0.05, 0.1) is 12.7 Å². The monoisotopic (exact) mass is 327 g/mol. The van der Waals surface area contributed by atoms with Crippen LogP contribution in [0.4, 0.5) is 0 Å². The summed E-state index contributed by atoms with van der Waals surface area (Å²) >= 11 is 3.51. The van der Waals surface area contributed by atoms with Crippen LogP contribution in [0, 0.1) is 0 Å². The van der Waals surface area contributed by atoms with Crippen LogP contribution in [0.25, 0.3) is 0 Å². The molecule has 0 bridgehead atoms. The SMILES string of the molecule is CNC(C)c1cc(Br)ccc1OCCC1CCCO1. The van der Waals surface area contributed by atoms with Crippen molar-refractivity contribution in [3.63, 3.8) is 0 Å². The van der Waals surface area contributed by atoms with E-state index in [1.807, 2.05) is 19.2 Å². The number of ether oxygens (including phenoxy) is 2. The van der Waals surface area contributed by atoms with Crippen LogP contribution in [0.1, 0.15) is 37.8 Å². The van der Waals surface area contributed by atoms with Crippen LogP contribution in [0.15, 0.2) is 22.7 Å². The predicted molar refractivity (Wildman–Crippen MR) is 80.7 cm³/mol. The summed E-state index contributed by atoms with van der Waals surface area (Å²) < 4.78 is 12.6. The molecule has 1 aliphatic heterocycles. The first-order valence-corrected chi connectivity index (χ1v) is 7.71. The number of rotatable bonds is 6. The number of halogens is 1. The summed E-state index contributed by atoms with van der Waals surface area (Å²) in [6, 6.07) is 6.44. The molecular weight excluding hydrogens is 306 g/mol. The molecule has 0 aromatic heterocycles. The molecule has 2 rings (SSSR count). The second-order valence-electron chi connectivity index (χ2n) is 4.96. The van der Waals surface area contributed by atoms with E-state index in [9.17, 15) is 0 Å². The molecule has 2 unspecified atom stereocenters. The first-order chi connectivity index (χ1) is 9.20. The zero-order valence-corrected chi connectivity index (χ0v) is 13.2. The molecule has 106 valence electrons. The average Bonchev–Trinajstić information content (AvgIpc) is 2.92. The zero-order valence-electron chi connectivity index (χ0n) is 11.6. The van der Waals surface area contributed by atoms with Crippen LogP contribution in [0.5, 0.6) is 5.75 Å². The van der Waals surface area contributed by atoms with Crippen LogP contribution in [-0.4, -0.2) is 26.4 Å². The summed E-state index contributed by atoms with van der Waals surface area (Å²) in [5.41, 5.74) is 1.18. The van der Waals surface area contributed by atoms with Gasteiger partial charge in [-0.3, -0.25) is 0 Å². The van der Waals surface area contributed by atoms with E-state index in [0.717, 1.165) is 29.9 Å². The molecular formula is C15H22BrNO2. The fourth-order valence-electron chi connectivity index (χ4n) is 2.32. The van der Waals surface area contributed by atoms with E-state index in [1.165, 1.54) is 18.4 Å². The molecule has 0 spiro atoms. The third kappa shape index (κ3) is 4.20. The van der Waals surface area contributed by atoms with Crippen molar-refractivity contribution >= 4 is 15.9 Å². The van der Waals surface area contributed by atoms with Crippen molar-refractivity contribution in [1.29, 1.82) is 0 Å². The number of benzene rings is 1. The maximum absolute atomic E-state index is 5.94. The third-order valence-electron chi connectivity index (χ3n) is 3.59. The first-order valence-electron chi connectivity index (χ1n) is 6.92. The average molecular weight is 328 g/mol. The molecule has 19 heavy (non-hydrogen) atoms. The van der Waals surface area contributed by atoms with Crippen LogP contribution in [0.3, 0.4) is 0 Å². The van der Waals surface area contributed by atoms with Crippen LogP contribution in [0.2, 0.25) is 0 Å². The Hall–Kier alpha value is -0.580. The largest absolute Gasteiger partial charge is 0.493 e. The quantitative estimate of drug-likeness (QED) is 0.864. The first kappa shape index (κ1) is 14.8. The van der Waals surface area contributed by atoms with Crippen LogP contribution < -0.4 is 10.1 Å². The molecule has 1 saturated heterocycles. The maximum atomic E-state index is 5.94. The van der Waals surface area contributed by atoms with Crippen molar-refractivity contribution < 1.29 is 9.47 Å². The zero-order chi connectivity index (χ0) is 13.7. The highest BCUT2D eigenvalue weighted by atomic mass is 79.9. The summed E-state index contributed by atoms with van der Waals surface area (Å²) in [7, 11) is 1.96. The smallest absolute Gasteiger partial charge is 0.124 e. The second kappa shape index (κ2) is 7.27. The molecule has 0 saturated carbocycles. The normalized spacial score (nSPS) is 20.5. The van der Waals surface area contributed by atoms with Gasteiger partial charge >= 0.3 is 0 Å². The van der Waals surface area contributed by atoms with Gasteiger partial charge in [0.25, 0.3) is 0 Å². The van der Waals surface area contributed by atoms with Crippen molar-refractivity contribution in [3.8, 4) is 5.75 Å². The van der Waals surface area contributed by atoms with E-state index >= 15 is 0 Å². The van der Waals surface area contributed by atoms with Gasteiger partial charge in [0.15, 0.2) is 0 Å². The van der Waals surface area contributed by atoms with Gasteiger partial charge in [-0.25, -0.2) is 0 Å². The Morgan fingerprint density at radius 3 is 3.05 bits per heavy atom. The maximum Gasteiger partial charge on any atom is 0.124 e. The van der Waals surface area contributed by atoms with Gasteiger partial charge in [-0.05, 0) is 45.0 Å². The molecule has 1 heterocycles. The Balaban J connectivity index is 1.94. The molecule has 3 nitrogen and oxygen atoms in total. The summed E-state index contributed by atoms with van der Waals surface area (Å²) in [6.45, 7) is 3.76. The van der Waals surface area contributed by atoms with Gasteiger partial charge in [-0.15, -0.1) is 0 Å². The Labute approximate surface area is 123 Å². The topological polar surface area (TPSA) is 30.5 Å². The fraction of sp³-hybridized carbons (Fsp3) is 0.600. The highest BCUT2D eigenvalue weighted by molar-refractivity contribution is 9.10. The molecule has 1 N–H and O–H groups in total. The van der Waals surface area contributed by atoms with Gasteiger partial charge in [-0.1, -0.05) is 15.9 Å². The molecule has 0 amide bonds. The molecule has 1 aliphatic rings. The lowest BCUT2D eigenvalue weighted by Crippen LogP contribution is -2.15. The van der Waals surface area contributed by atoms with Gasteiger partial charge < -0.3 is 14.8 Å². The van der Waals surface area contributed by atoms with E-state index < -0.39 is 0 Å². The van der Waals surface area contributed by atoms with Gasteiger partial charge in [-0.2, -0.15) is 0 Å². The molecule has 2 atom stereocenters. The molecule has 1 aromatic carbocycles. The summed E-state index contributed by atoms with van der Waals surface area (Å²) in [6.07, 6.45) is 3.72. The number of hydrogen-bond donors (Lipinski definition) is 1. The minimum absolute atomic E-state index is 0.273. The minimum atomic E-state index is 0.273. The van der Waals surface area contributed by atoms with Crippen molar-refractivity contribution in [2.24, 2.45) is 0 Å². The lowest BCUT2D eigenvalue weighted by molar-refractivity contribution is 0.0901. The molecule has 0 aliphatic carbocycles. The number of hydrogen-bond acceptors (Lipinski definition) is 3. The van der Waals surface area contributed by atoms with Crippen molar-refractivity contribution in [2.45, 2.75) is 38.3 Å².